The lowest BCUT2D eigenvalue weighted by Crippen LogP contribution is -2.17. The third kappa shape index (κ3) is 3.62. The van der Waals surface area contributed by atoms with E-state index in [4.69, 9.17) is 17.3 Å². The Morgan fingerprint density at radius 2 is 1.90 bits per heavy atom. The normalized spacial score (nSPS) is 12.2. The molecule has 20 heavy (non-hydrogen) atoms. The summed E-state index contributed by atoms with van der Waals surface area (Å²) in [6.45, 7) is 1.87. The first kappa shape index (κ1) is 14.6. The van der Waals surface area contributed by atoms with Crippen LogP contribution in [0.15, 0.2) is 36.4 Å². The summed E-state index contributed by atoms with van der Waals surface area (Å²) in [5.41, 5.74) is 7.96. The van der Waals surface area contributed by atoms with Gasteiger partial charge in [-0.1, -0.05) is 11.6 Å². The van der Waals surface area contributed by atoms with Gasteiger partial charge >= 0.3 is 0 Å². The second-order valence-electron chi connectivity index (χ2n) is 4.78. The zero-order valence-electron chi connectivity index (χ0n) is 11.0. The molecule has 5 heteroatoms. The van der Waals surface area contributed by atoms with E-state index in [1.807, 2.05) is 13.0 Å². The molecular formula is C15H16ClFN2O. The first-order valence-electron chi connectivity index (χ1n) is 6.25. The fourth-order valence-electron chi connectivity index (χ4n) is 1.91. The van der Waals surface area contributed by atoms with E-state index in [2.05, 4.69) is 5.32 Å². The number of nitrogens with two attached hydrogens (primary N) is 1. The highest BCUT2D eigenvalue weighted by Gasteiger charge is 2.07. The minimum atomic E-state index is -0.458. The lowest BCUT2D eigenvalue weighted by Gasteiger charge is -2.12. The average Bonchev–Trinajstić information content (AvgIpc) is 2.37. The number of hydrogen-bond donors (Lipinski definition) is 3. The van der Waals surface area contributed by atoms with Gasteiger partial charge in [0.2, 0.25) is 0 Å². The van der Waals surface area contributed by atoms with Gasteiger partial charge in [0.1, 0.15) is 11.6 Å². The van der Waals surface area contributed by atoms with Crippen LogP contribution in [0.3, 0.4) is 0 Å². The lowest BCUT2D eigenvalue weighted by atomic mass is 10.1. The van der Waals surface area contributed by atoms with E-state index in [-0.39, 0.29) is 16.8 Å². The molecule has 0 bridgehead atoms. The summed E-state index contributed by atoms with van der Waals surface area (Å²) in [5.74, 6) is -0.245. The van der Waals surface area contributed by atoms with Crippen molar-refractivity contribution in [3.05, 3.63) is 52.8 Å². The van der Waals surface area contributed by atoms with Gasteiger partial charge in [0.15, 0.2) is 0 Å². The van der Waals surface area contributed by atoms with Gasteiger partial charge in [0.05, 0.1) is 5.02 Å². The average molecular weight is 295 g/mol. The van der Waals surface area contributed by atoms with E-state index >= 15 is 0 Å². The van der Waals surface area contributed by atoms with Crippen LogP contribution in [0.2, 0.25) is 5.02 Å². The van der Waals surface area contributed by atoms with Crippen molar-refractivity contribution in [2.75, 3.05) is 5.32 Å². The zero-order chi connectivity index (χ0) is 14.7. The number of benzene rings is 2. The number of nitrogens with one attached hydrogen (secondary N) is 1. The Morgan fingerprint density at radius 3 is 2.55 bits per heavy atom. The minimum Gasteiger partial charge on any atom is -0.508 e. The molecule has 0 saturated carbocycles. The predicted octanol–water partition coefficient (Wildman–Crippen LogP) is 3.82. The summed E-state index contributed by atoms with van der Waals surface area (Å²) in [4.78, 5) is 0. The molecule has 4 N–H and O–H groups in total. The number of anilines is 2. The largest absolute Gasteiger partial charge is 0.508 e. The molecule has 3 nitrogen and oxygen atoms in total. The first-order chi connectivity index (χ1) is 9.45. The first-order valence-corrected chi connectivity index (χ1v) is 6.63. The van der Waals surface area contributed by atoms with Crippen molar-refractivity contribution in [2.24, 2.45) is 5.73 Å². The van der Waals surface area contributed by atoms with E-state index in [0.717, 1.165) is 11.3 Å². The summed E-state index contributed by atoms with van der Waals surface area (Å²) < 4.78 is 13.1. The standard InChI is InChI=1S/C15H16ClFN2O/c1-9(18)6-10-7-11(3-5-15(10)20)19-12-2-4-14(17)13(16)8-12/h2-5,7-9,19-20H,6,18H2,1H3. The Hall–Kier alpha value is -1.78. The number of aromatic hydroxyl groups is 1. The summed E-state index contributed by atoms with van der Waals surface area (Å²) in [6, 6.07) is 9.51. The number of phenolic OH excluding ortho intramolecular Hbond substituents is 1. The summed E-state index contributed by atoms with van der Waals surface area (Å²) in [5, 5.41) is 12.9. The second kappa shape index (κ2) is 6.11. The third-order valence-corrected chi connectivity index (χ3v) is 3.12. The topological polar surface area (TPSA) is 58.3 Å². The second-order valence-corrected chi connectivity index (χ2v) is 5.19. The quantitative estimate of drug-likeness (QED) is 0.751. The molecule has 0 aromatic heterocycles. The smallest absolute Gasteiger partial charge is 0.141 e. The van der Waals surface area contributed by atoms with Gasteiger partial charge in [-0.3, -0.25) is 0 Å². The van der Waals surface area contributed by atoms with E-state index in [1.54, 1.807) is 18.2 Å². The van der Waals surface area contributed by atoms with Crippen molar-refractivity contribution < 1.29 is 9.50 Å². The van der Waals surface area contributed by atoms with Crippen LogP contribution in [0.25, 0.3) is 0 Å². The van der Waals surface area contributed by atoms with Crippen molar-refractivity contribution in [3.63, 3.8) is 0 Å². The molecule has 2 rings (SSSR count). The molecule has 0 heterocycles. The molecule has 0 radical (unpaired) electrons. The molecule has 0 spiro atoms. The SMILES string of the molecule is CC(N)Cc1cc(Nc2ccc(F)c(Cl)c2)ccc1O. The van der Waals surface area contributed by atoms with Crippen LogP contribution in [0.1, 0.15) is 12.5 Å². The maximum Gasteiger partial charge on any atom is 0.141 e. The van der Waals surface area contributed by atoms with Crippen LogP contribution >= 0.6 is 11.6 Å². The van der Waals surface area contributed by atoms with Crippen LogP contribution in [-0.2, 0) is 6.42 Å². The lowest BCUT2D eigenvalue weighted by molar-refractivity contribution is 0.466. The Morgan fingerprint density at radius 1 is 1.25 bits per heavy atom. The molecule has 106 valence electrons. The molecule has 0 aliphatic carbocycles. The maximum atomic E-state index is 13.1. The van der Waals surface area contributed by atoms with Crippen molar-refractivity contribution >= 4 is 23.0 Å². The molecule has 2 aromatic rings. The van der Waals surface area contributed by atoms with Crippen molar-refractivity contribution in [1.29, 1.82) is 0 Å². The summed E-state index contributed by atoms with van der Waals surface area (Å²) in [7, 11) is 0. The molecule has 1 atom stereocenters. The van der Waals surface area contributed by atoms with Crippen LogP contribution in [0.4, 0.5) is 15.8 Å². The fraction of sp³-hybridized carbons (Fsp3) is 0.200. The molecule has 0 saturated heterocycles. The number of halogens is 2. The minimum absolute atomic E-state index is 0.0450. The fourth-order valence-corrected chi connectivity index (χ4v) is 2.09. The van der Waals surface area contributed by atoms with E-state index in [0.29, 0.717) is 12.1 Å². The highest BCUT2D eigenvalue weighted by atomic mass is 35.5. The van der Waals surface area contributed by atoms with Crippen LogP contribution in [0.5, 0.6) is 5.75 Å². The Labute approximate surface area is 122 Å². The van der Waals surface area contributed by atoms with Gasteiger partial charge < -0.3 is 16.2 Å². The summed E-state index contributed by atoms with van der Waals surface area (Å²) >= 11 is 5.73. The van der Waals surface area contributed by atoms with Gasteiger partial charge in [0, 0.05) is 17.4 Å². The van der Waals surface area contributed by atoms with Crippen molar-refractivity contribution in [2.45, 2.75) is 19.4 Å². The monoisotopic (exact) mass is 294 g/mol. The molecular weight excluding hydrogens is 279 g/mol. The molecule has 1 unspecified atom stereocenters. The van der Waals surface area contributed by atoms with Gasteiger partial charge in [-0.2, -0.15) is 0 Å². The van der Waals surface area contributed by atoms with Gasteiger partial charge in [-0.05, 0) is 55.3 Å². The number of hydrogen-bond acceptors (Lipinski definition) is 3. The van der Waals surface area contributed by atoms with E-state index in [9.17, 15) is 9.50 Å². The van der Waals surface area contributed by atoms with Gasteiger partial charge in [-0.15, -0.1) is 0 Å². The zero-order valence-corrected chi connectivity index (χ0v) is 11.8. The third-order valence-electron chi connectivity index (χ3n) is 2.83. The number of phenols is 1. The highest BCUT2D eigenvalue weighted by molar-refractivity contribution is 6.31. The van der Waals surface area contributed by atoms with Crippen LogP contribution in [0, 0.1) is 5.82 Å². The molecule has 0 amide bonds. The Kier molecular flexibility index (Phi) is 4.47. The van der Waals surface area contributed by atoms with Crippen LogP contribution in [-0.4, -0.2) is 11.1 Å². The number of rotatable bonds is 4. The van der Waals surface area contributed by atoms with E-state index < -0.39 is 5.82 Å². The molecule has 0 aliphatic heterocycles. The molecule has 0 aliphatic rings. The molecule has 0 fully saturated rings. The molecule has 2 aromatic carbocycles. The Balaban J connectivity index is 2.22. The van der Waals surface area contributed by atoms with Crippen molar-refractivity contribution in [1.82, 2.24) is 0 Å². The maximum absolute atomic E-state index is 13.1. The summed E-state index contributed by atoms with van der Waals surface area (Å²) in [6.07, 6.45) is 0.575. The van der Waals surface area contributed by atoms with Crippen LogP contribution < -0.4 is 11.1 Å². The van der Waals surface area contributed by atoms with Gasteiger partial charge in [0.25, 0.3) is 0 Å². The van der Waals surface area contributed by atoms with Crippen molar-refractivity contribution in [3.8, 4) is 5.75 Å². The van der Waals surface area contributed by atoms with E-state index in [1.165, 1.54) is 12.1 Å². The highest BCUT2D eigenvalue weighted by Crippen LogP contribution is 2.27. The predicted molar refractivity (Wildman–Crippen MR) is 80.2 cm³/mol. The van der Waals surface area contributed by atoms with Gasteiger partial charge in [-0.25, -0.2) is 4.39 Å². The Bertz CT molecular complexity index is 617.